The number of aliphatic hydroxyl groups is 1. The summed E-state index contributed by atoms with van der Waals surface area (Å²) < 4.78 is 18.8. The fourth-order valence-electron chi connectivity index (χ4n) is 2.28. The number of hydrogen-bond donors (Lipinski definition) is 3. The molecular formula is C19H24ClFN2O2. The molecule has 0 radical (unpaired) electrons. The molecule has 0 aliphatic rings. The molecule has 0 saturated carbocycles. The van der Waals surface area contributed by atoms with Crippen LogP contribution in [0, 0.1) is 5.82 Å². The number of nitrogens with one attached hydrogen (secondary N) is 2. The molecule has 3 N–H and O–H groups in total. The fourth-order valence-corrected chi connectivity index (χ4v) is 2.47. The number of halogens is 2. The standard InChI is InChI=1S/C19H24ClFN2O2/c1-14(24)11-22-8-9-23-12-16-10-17(20)4-7-19(16)25-13-15-2-5-18(21)6-3-15/h2-7,10,14,22-24H,8-9,11-13H2,1H3. The molecule has 136 valence electrons. The lowest BCUT2D eigenvalue weighted by atomic mass is 10.2. The summed E-state index contributed by atoms with van der Waals surface area (Å²) in [7, 11) is 0. The molecule has 0 heterocycles. The normalized spacial score (nSPS) is 12.2. The van der Waals surface area contributed by atoms with Crippen LogP contribution in [0.4, 0.5) is 4.39 Å². The molecule has 1 atom stereocenters. The summed E-state index contributed by atoms with van der Waals surface area (Å²) in [4.78, 5) is 0. The fraction of sp³-hybridized carbons (Fsp3) is 0.368. The molecule has 0 amide bonds. The summed E-state index contributed by atoms with van der Waals surface area (Å²) in [5.41, 5.74) is 1.86. The Morgan fingerprint density at radius 2 is 1.84 bits per heavy atom. The van der Waals surface area contributed by atoms with Crippen molar-refractivity contribution >= 4 is 11.6 Å². The Morgan fingerprint density at radius 1 is 1.12 bits per heavy atom. The SMILES string of the molecule is CC(O)CNCCNCc1cc(Cl)ccc1OCc1ccc(F)cc1. The third kappa shape index (κ3) is 7.40. The van der Waals surface area contributed by atoms with Gasteiger partial charge in [0.05, 0.1) is 6.10 Å². The zero-order valence-corrected chi connectivity index (χ0v) is 15.0. The summed E-state index contributed by atoms with van der Waals surface area (Å²) in [6.45, 7) is 4.83. The summed E-state index contributed by atoms with van der Waals surface area (Å²) in [6.07, 6.45) is -0.348. The van der Waals surface area contributed by atoms with Crippen LogP contribution in [0.1, 0.15) is 18.1 Å². The van der Waals surface area contributed by atoms with Crippen LogP contribution in [0.25, 0.3) is 0 Å². The highest BCUT2D eigenvalue weighted by molar-refractivity contribution is 6.30. The second-order valence-electron chi connectivity index (χ2n) is 5.90. The van der Waals surface area contributed by atoms with E-state index in [4.69, 9.17) is 16.3 Å². The highest BCUT2D eigenvalue weighted by Gasteiger charge is 2.06. The van der Waals surface area contributed by atoms with Gasteiger partial charge in [0.2, 0.25) is 0 Å². The summed E-state index contributed by atoms with van der Waals surface area (Å²) in [6, 6.07) is 11.8. The summed E-state index contributed by atoms with van der Waals surface area (Å²) >= 11 is 6.08. The number of benzene rings is 2. The maximum atomic E-state index is 12.9. The first kappa shape index (κ1) is 19.7. The van der Waals surface area contributed by atoms with Crippen molar-refractivity contribution in [2.45, 2.75) is 26.2 Å². The van der Waals surface area contributed by atoms with Gasteiger partial charge in [0.1, 0.15) is 18.2 Å². The van der Waals surface area contributed by atoms with E-state index in [0.717, 1.165) is 30.0 Å². The van der Waals surface area contributed by atoms with Crippen LogP contribution in [0.5, 0.6) is 5.75 Å². The predicted octanol–water partition coefficient (Wildman–Crippen LogP) is 3.12. The largest absolute Gasteiger partial charge is 0.489 e. The van der Waals surface area contributed by atoms with Crippen molar-refractivity contribution in [3.63, 3.8) is 0 Å². The van der Waals surface area contributed by atoms with Crippen LogP contribution in [0.3, 0.4) is 0 Å². The molecule has 0 aromatic heterocycles. The molecule has 0 bridgehead atoms. The Bertz CT molecular complexity index is 650. The van der Waals surface area contributed by atoms with E-state index < -0.39 is 0 Å². The van der Waals surface area contributed by atoms with E-state index in [-0.39, 0.29) is 11.9 Å². The van der Waals surface area contributed by atoms with Crippen molar-refractivity contribution in [2.24, 2.45) is 0 Å². The molecule has 4 nitrogen and oxygen atoms in total. The monoisotopic (exact) mass is 366 g/mol. The third-order valence-electron chi connectivity index (χ3n) is 3.56. The molecule has 0 aliphatic heterocycles. The van der Waals surface area contributed by atoms with Gasteiger partial charge in [-0.3, -0.25) is 0 Å². The van der Waals surface area contributed by atoms with Crippen LogP contribution in [-0.2, 0) is 13.2 Å². The Hall–Kier alpha value is -1.66. The van der Waals surface area contributed by atoms with E-state index in [9.17, 15) is 9.50 Å². The predicted molar refractivity (Wildman–Crippen MR) is 98.4 cm³/mol. The molecule has 1 unspecified atom stereocenters. The van der Waals surface area contributed by atoms with Crippen molar-refractivity contribution in [1.82, 2.24) is 10.6 Å². The number of rotatable bonds is 10. The smallest absolute Gasteiger partial charge is 0.124 e. The quantitative estimate of drug-likeness (QED) is 0.565. The average molecular weight is 367 g/mol. The Kier molecular flexibility index (Phi) is 8.15. The van der Waals surface area contributed by atoms with Gasteiger partial charge in [-0.05, 0) is 42.8 Å². The maximum Gasteiger partial charge on any atom is 0.124 e. The van der Waals surface area contributed by atoms with Gasteiger partial charge in [-0.15, -0.1) is 0 Å². The minimum Gasteiger partial charge on any atom is -0.489 e. The van der Waals surface area contributed by atoms with Crippen LogP contribution in [-0.4, -0.2) is 30.8 Å². The molecule has 2 aromatic rings. The van der Waals surface area contributed by atoms with E-state index in [0.29, 0.717) is 24.7 Å². The number of ether oxygens (including phenoxy) is 1. The van der Waals surface area contributed by atoms with Crippen molar-refractivity contribution in [2.75, 3.05) is 19.6 Å². The molecule has 2 aromatic carbocycles. The zero-order chi connectivity index (χ0) is 18.1. The first-order valence-electron chi connectivity index (χ1n) is 8.30. The Balaban J connectivity index is 1.85. The van der Waals surface area contributed by atoms with E-state index in [1.807, 2.05) is 12.1 Å². The lowest BCUT2D eigenvalue weighted by Gasteiger charge is -2.13. The molecule has 0 spiro atoms. The van der Waals surface area contributed by atoms with Crippen LogP contribution in [0.15, 0.2) is 42.5 Å². The van der Waals surface area contributed by atoms with E-state index in [2.05, 4.69) is 10.6 Å². The first-order chi connectivity index (χ1) is 12.0. The van der Waals surface area contributed by atoms with Crippen LogP contribution in [0.2, 0.25) is 5.02 Å². The minimum absolute atomic E-state index is 0.260. The molecule has 6 heteroatoms. The molecule has 0 fully saturated rings. The highest BCUT2D eigenvalue weighted by atomic mass is 35.5. The first-order valence-corrected chi connectivity index (χ1v) is 8.67. The van der Waals surface area contributed by atoms with Gasteiger partial charge in [0.15, 0.2) is 0 Å². The second kappa shape index (κ2) is 10.4. The second-order valence-corrected chi connectivity index (χ2v) is 6.33. The molecule has 0 aliphatic carbocycles. The van der Waals surface area contributed by atoms with E-state index >= 15 is 0 Å². The average Bonchev–Trinajstić information content (AvgIpc) is 2.58. The van der Waals surface area contributed by atoms with Crippen molar-refractivity contribution < 1.29 is 14.2 Å². The van der Waals surface area contributed by atoms with E-state index in [1.54, 1.807) is 25.1 Å². The molecular weight excluding hydrogens is 343 g/mol. The van der Waals surface area contributed by atoms with Gasteiger partial charge in [0, 0.05) is 36.8 Å². The van der Waals surface area contributed by atoms with Crippen molar-refractivity contribution in [1.29, 1.82) is 0 Å². The Labute approximate surface area is 153 Å². The zero-order valence-electron chi connectivity index (χ0n) is 14.3. The Morgan fingerprint density at radius 3 is 2.56 bits per heavy atom. The molecule has 25 heavy (non-hydrogen) atoms. The third-order valence-corrected chi connectivity index (χ3v) is 3.80. The summed E-state index contributed by atoms with van der Waals surface area (Å²) in [5.74, 6) is 0.488. The topological polar surface area (TPSA) is 53.5 Å². The lowest BCUT2D eigenvalue weighted by molar-refractivity contribution is 0.191. The van der Waals surface area contributed by atoms with Gasteiger partial charge < -0.3 is 20.5 Å². The van der Waals surface area contributed by atoms with Gasteiger partial charge in [-0.2, -0.15) is 0 Å². The highest BCUT2D eigenvalue weighted by Crippen LogP contribution is 2.24. The van der Waals surface area contributed by atoms with Gasteiger partial charge in [-0.25, -0.2) is 4.39 Å². The minimum atomic E-state index is -0.348. The maximum absolute atomic E-state index is 12.9. The molecule has 0 saturated heterocycles. The van der Waals surface area contributed by atoms with Gasteiger partial charge in [0.25, 0.3) is 0 Å². The van der Waals surface area contributed by atoms with Crippen molar-refractivity contribution in [3.05, 3.63) is 64.4 Å². The lowest BCUT2D eigenvalue weighted by Crippen LogP contribution is -2.31. The van der Waals surface area contributed by atoms with E-state index in [1.165, 1.54) is 12.1 Å². The van der Waals surface area contributed by atoms with Crippen LogP contribution < -0.4 is 15.4 Å². The van der Waals surface area contributed by atoms with Gasteiger partial charge >= 0.3 is 0 Å². The summed E-state index contributed by atoms with van der Waals surface area (Å²) in [5, 5.41) is 16.3. The molecule has 2 rings (SSSR count). The van der Waals surface area contributed by atoms with Crippen molar-refractivity contribution in [3.8, 4) is 5.75 Å². The number of aliphatic hydroxyl groups excluding tert-OH is 1. The van der Waals surface area contributed by atoms with Crippen LogP contribution >= 0.6 is 11.6 Å². The number of hydrogen-bond acceptors (Lipinski definition) is 4. The van der Waals surface area contributed by atoms with Gasteiger partial charge in [-0.1, -0.05) is 23.7 Å².